The first-order valence-corrected chi connectivity index (χ1v) is 7.80. The van der Waals surface area contributed by atoms with Gasteiger partial charge in [-0.25, -0.2) is 0 Å². The molecule has 3 rings (SSSR count). The summed E-state index contributed by atoms with van der Waals surface area (Å²) >= 11 is 0. The fourth-order valence-corrected chi connectivity index (χ4v) is 3.00. The van der Waals surface area contributed by atoms with Crippen LogP contribution >= 0.6 is 0 Å². The van der Waals surface area contributed by atoms with Gasteiger partial charge >= 0.3 is 0 Å². The smallest absolute Gasteiger partial charge is 0.0621 e. The van der Waals surface area contributed by atoms with E-state index in [0.29, 0.717) is 0 Å². The number of nitrogens with zero attached hydrogens (tertiary/aromatic N) is 2. The van der Waals surface area contributed by atoms with Gasteiger partial charge in [0.05, 0.1) is 11.4 Å². The highest BCUT2D eigenvalue weighted by Gasteiger charge is 2.19. The predicted octanol–water partition coefficient (Wildman–Crippen LogP) is 2.48. The summed E-state index contributed by atoms with van der Waals surface area (Å²) in [5.41, 5.74) is 17.3. The van der Waals surface area contributed by atoms with Crippen LogP contribution in [0.3, 0.4) is 0 Å². The Morgan fingerprint density at radius 2 is 1.59 bits per heavy atom. The second kappa shape index (κ2) is 6.28. The predicted molar refractivity (Wildman–Crippen MR) is 93.9 cm³/mol. The van der Waals surface area contributed by atoms with Gasteiger partial charge in [-0.2, -0.15) is 0 Å². The fraction of sp³-hybridized carbons (Fsp3) is 0.333. The number of hydrogen-bond acceptors (Lipinski definition) is 4. The standard InChI is InChI=1S/C18H24N4/c1-14-11-17(20)18(12-16(14)19)22-9-7-21(8-10-22)13-15-5-3-2-4-6-15/h2-6,11-12H,7-10,13,19-20H2,1H3. The lowest BCUT2D eigenvalue weighted by Crippen LogP contribution is -2.46. The van der Waals surface area contributed by atoms with Crippen LogP contribution in [0.4, 0.5) is 17.1 Å². The van der Waals surface area contributed by atoms with E-state index in [2.05, 4.69) is 40.1 Å². The number of rotatable bonds is 3. The molecule has 0 aromatic heterocycles. The lowest BCUT2D eigenvalue weighted by Gasteiger charge is -2.36. The van der Waals surface area contributed by atoms with E-state index in [0.717, 1.165) is 55.3 Å². The van der Waals surface area contributed by atoms with Crippen molar-refractivity contribution in [1.29, 1.82) is 0 Å². The molecular formula is C18H24N4. The van der Waals surface area contributed by atoms with Crippen LogP contribution in [0.15, 0.2) is 42.5 Å². The Balaban J connectivity index is 1.63. The van der Waals surface area contributed by atoms with Crippen molar-refractivity contribution in [2.75, 3.05) is 42.5 Å². The van der Waals surface area contributed by atoms with E-state index in [4.69, 9.17) is 11.5 Å². The number of piperazine rings is 1. The number of nitrogen functional groups attached to an aromatic ring is 2. The fourth-order valence-electron chi connectivity index (χ4n) is 3.00. The maximum atomic E-state index is 6.17. The maximum absolute atomic E-state index is 6.17. The molecule has 4 heteroatoms. The number of benzene rings is 2. The Labute approximate surface area is 132 Å². The van der Waals surface area contributed by atoms with E-state index in [9.17, 15) is 0 Å². The number of anilines is 3. The van der Waals surface area contributed by atoms with Crippen molar-refractivity contribution in [3.8, 4) is 0 Å². The molecule has 1 aliphatic rings. The first kappa shape index (κ1) is 14.7. The van der Waals surface area contributed by atoms with Crippen LogP contribution in [0, 0.1) is 6.92 Å². The largest absolute Gasteiger partial charge is 0.398 e. The zero-order valence-electron chi connectivity index (χ0n) is 13.1. The molecule has 1 fully saturated rings. The average Bonchev–Trinajstić information content (AvgIpc) is 2.53. The normalized spacial score (nSPS) is 16.0. The van der Waals surface area contributed by atoms with Crippen molar-refractivity contribution < 1.29 is 0 Å². The quantitative estimate of drug-likeness (QED) is 0.854. The van der Waals surface area contributed by atoms with Crippen molar-refractivity contribution in [2.45, 2.75) is 13.5 Å². The highest BCUT2D eigenvalue weighted by Crippen LogP contribution is 2.29. The molecule has 1 saturated heterocycles. The highest BCUT2D eigenvalue weighted by atomic mass is 15.3. The summed E-state index contributed by atoms with van der Waals surface area (Å²) in [7, 11) is 0. The third-order valence-corrected chi connectivity index (χ3v) is 4.38. The Bertz CT molecular complexity index is 631. The molecule has 4 nitrogen and oxygen atoms in total. The highest BCUT2D eigenvalue weighted by molar-refractivity contribution is 5.74. The summed E-state index contributed by atoms with van der Waals surface area (Å²) < 4.78 is 0. The molecule has 0 unspecified atom stereocenters. The molecule has 116 valence electrons. The Morgan fingerprint density at radius 1 is 0.909 bits per heavy atom. The molecule has 2 aromatic carbocycles. The molecular weight excluding hydrogens is 272 g/mol. The van der Waals surface area contributed by atoms with Crippen LogP contribution in [0.25, 0.3) is 0 Å². The van der Waals surface area contributed by atoms with E-state index >= 15 is 0 Å². The van der Waals surface area contributed by atoms with Gasteiger partial charge in [-0.1, -0.05) is 30.3 Å². The molecule has 1 aliphatic heterocycles. The Kier molecular flexibility index (Phi) is 4.20. The summed E-state index contributed by atoms with van der Waals surface area (Å²) in [6.07, 6.45) is 0. The molecule has 0 bridgehead atoms. The molecule has 0 radical (unpaired) electrons. The van der Waals surface area contributed by atoms with Crippen molar-refractivity contribution in [1.82, 2.24) is 4.90 Å². The summed E-state index contributed by atoms with van der Waals surface area (Å²) in [6, 6.07) is 14.6. The van der Waals surface area contributed by atoms with Crippen LogP contribution in [0.5, 0.6) is 0 Å². The van der Waals surface area contributed by atoms with E-state index < -0.39 is 0 Å². The van der Waals surface area contributed by atoms with Gasteiger partial charge in [0.25, 0.3) is 0 Å². The Hall–Kier alpha value is -2.20. The van der Waals surface area contributed by atoms with Crippen molar-refractivity contribution in [2.24, 2.45) is 0 Å². The summed E-state index contributed by atoms with van der Waals surface area (Å²) in [4.78, 5) is 4.83. The number of hydrogen-bond donors (Lipinski definition) is 2. The van der Waals surface area contributed by atoms with Gasteiger partial charge in [-0.05, 0) is 30.2 Å². The summed E-state index contributed by atoms with van der Waals surface area (Å²) in [5, 5.41) is 0. The van der Waals surface area contributed by atoms with E-state index in [1.165, 1.54) is 5.56 Å². The lowest BCUT2D eigenvalue weighted by atomic mass is 10.1. The van der Waals surface area contributed by atoms with Crippen molar-refractivity contribution >= 4 is 17.1 Å². The minimum atomic E-state index is 0.816. The second-order valence-corrected chi connectivity index (χ2v) is 6.02. The van der Waals surface area contributed by atoms with Gasteiger partial charge in [0.2, 0.25) is 0 Å². The van der Waals surface area contributed by atoms with Gasteiger partial charge in [-0.3, -0.25) is 4.90 Å². The average molecular weight is 296 g/mol. The SMILES string of the molecule is Cc1cc(N)c(N2CCN(Cc3ccccc3)CC2)cc1N. The first-order valence-electron chi connectivity index (χ1n) is 7.80. The van der Waals surface area contributed by atoms with Crippen LogP contribution in [-0.4, -0.2) is 31.1 Å². The van der Waals surface area contributed by atoms with Gasteiger partial charge in [-0.15, -0.1) is 0 Å². The van der Waals surface area contributed by atoms with Gasteiger partial charge in [0.1, 0.15) is 0 Å². The lowest BCUT2D eigenvalue weighted by molar-refractivity contribution is 0.250. The maximum Gasteiger partial charge on any atom is 0.0621 e. The molecule has 2 aromatic rings. The molecule has 0 aliphatic carbocycles. The molecule has 0 saturated carbocycles. The zero-order valence-corrected chi connectivity index (χ0v) is 13.1. The summed E-state index contributed by atoms with van der Waals surface area (Å²) in [5.74, 6) is 0. The van der Waals surface area contributed by atoms with Crippen LogP contribution < -0.4 is 16.4 Å². The number of nitrogens with two attached hydrogens (primary N) is 2. The molecule has 0 spiro atoms. The molecule has 4 N–H and O–H groups in total. The molecule has 0 atom stereocenters. The van der Waals surface area contributed by atoms with E-state index in [1.807, 2.05) is 19.1 Å². The molecule has 22 heavy (non-hydrogen) atoms. The van der Waals surface area contributed by atoms with Crippen LogP contribution in [0.2, 0.25) is 0 Å². The molecule has 1 heterocycles. The minimum Gasteiger partial charge on any atom is -0.398 e. The summed E-state index contributed by atoms with van der Waals surface area (Å²) in [6.45, 7) is 7.07. The van der Waals surface area contributed by atoms with Crippen molar-refractivity contribution in [3.63, 3.8) is 0 Å². The zero-order chi connectivity index (χ0) is 15.5. The van der Waals surface area contributed by atoms with Crippen LogP contribution in [-0.2, 0) is 6.54 Å². The van der Waals surface area contributed by atoms with E-state index in [-0.39, 0.29) is 0 Å². The minimum absolute atomic E-state index is 0.816. The van der Waals surface area contributed by atoms with Gasteiger partial charge < -0.3 is 16.4 Å². The second-order valence-electron chi connectivity index (χ2n) is 6.02. The first-order chi connectivity index (χ1) is 10.6. The van der Waals surface area contributed by atoms with E-state index in [1.54, 1.807) is 0 Å². The molecule has 0 amide bonds. The Morgan fingerprint density at radius 3 is 2.27 bits per heavy atom. The van der Waals surface area contributed by atoms with Gasteiger partial charge in [0, 0.05) is 38.4 Å². The van der Waals surface area contributed by atoms with Crippen LogP contribution in [0.1, 0.15) is 11.1 Å². The number of aryl methyl sites for hydroxylation is 1. The van der Waals surface area contributed by atoms with Crippen molar-refractivity contribution in [3.05, 3.63) is 53.6 Å². The van der Waals surface area contributed by atoms with Gasteiger partial charge in [0.15, 0.2) is 0 Å². The topological polar surface area (TPSA) is 58.5 Å². The third-order valence-electron chi connectivity index (χ3n) is 4.38. The third kappa shape index (κ3) is 3.17. The monoisotopic (exact) mass is 296 g/mol.